The van der Waals surface area contributed by atoms with Gasteiger partial charge in [0, 0.05) is 18.9 Å². The smallest absolute Gasteiger partial charge is 0.280 e. The average Bonchev–Trinajstić information content (AvgIpc) is 3.23. The first-order valence-electron chi connectivity index (χ1n) is 9.27. The zero-order valence-electron chi connectivity index (χ0n) is 16.2. The minimum Gasteiger partial charge on any atom is -0.325 e. The summed E-state index contributed by atoms with van der Waals surface area (Å²) >= 11 is 7.13. The topological polar surface area (TPSA) is 91.4 Å². The van der Waals surface area contributed by atoms with E-state index in [0.29, 0.717) is 5.01 Å². The number of rotatable bonds is 4. The number of thiazole rings is 1. The molecule has 2 atom stereocenters. The molecule has 1 saturated heterocycles. The number of carbonyl (C=O) groups is 1. The molecule has 11 heteroatoms. The van der Waals surface area contributed by atoms with Gasteiger partial charge in [-0.25, -0.2) is 9.37 Å². The maximum absolute atomic E-state index is 13.4. The van der Waals surface area contributed by atoms with Crippen LogP contribution in [0.2, 0.25) is 5.02 Å². The summed E-state index contributed by atoms with van der Waals surface area (Å²) < 4.78 is 42.2. The van der Waals surface area contributed by atoms with E-state index in [9.17, 15) is 17.6 Å². The van der Waals surface area contributed by atoms with Crippen LogP contribution < -0.4 is 10.0 Å². The SMILES string of the molecule is CN1[C@@H](C(=O)Nc2ccc(F)c(Cl)c2)C[C@@H](c2ncc(-c3ccccc3)s2)NS1(=O)=O. The fraction of sp³-hybridized carbons (Fsp3) is 0.200. The number of anilines is 1. The number of benzene rings is 2. The van der Waals surface area contributed by atoms with E-state index >= 15 is 0 Å². The maximum Gasteiger partial charge on any atom is 0.280 e. The van der Waals surface area contributed by atoms with Crippen molar-refractivity contribution in [2.24, 2.45) is 0 Å². The van der Waals surface area contributed by atoms with Crippen LogP contribution in [0.5, 0.6) is 0 Å². The molecule has 1 amide bonds. The Bertz CT molecular complexity index is 1220. The highest BCUT2D eigenvalue weighted by atomic mass is 35.5. The number of nitrogens with zero attached hydrogens (tertiary/aromatic N) is 2. The number of likely N-dealkylation sites (N-methyl/N-ethyl adjacent to an activating group) is 1. The molecule has 7 nitrogen and oxygen atoms in total. The summed E-state index contributed by atoms with van der Waals surface area (Å²) in [5, 5.41) is 3.04. The number of halogens is 2. The molecule has 2 heterocycles. The molecule has 0 spiro atoms. The summed E-state index contributed by atoms with van der Waals surface area (Å²) in [5.41, 5.74) is 1.25. The third-order valence-electron chi connectivity index (χ3n) is 4.94. The molecule has 162 valence electrons. The molecule has 0 saturated carbocycles. The van der Waals surface area contributed by atoms with Crippen molar-refractivity contribution in [1.82, 2.24) is 14.0 Å². The van der Waals surface area contributed by atoms with Crippen molar-refractivity contribution in [1.29, 1.82) is 0 Å². The Morgan fingerprint density at radius 2 is 2.03 bits per heavy atom. The number of carbonyl (C=O) groups excluding carboxylic acids is 1. The summed E-state index contributed by atoms with van der Waals surface area (Å²) in [7, 11) is -2.58. The van der Waals surface area contributed by atoms with Crippen LogP contribution in [0.4, 0.5) is 10.1 Å². The van der Waals surface area contributed by atoms with Gasteiger partial charge >= 0.3 is 0 Å². The Morgan fingerprint density at radius 3 is 2.74 bits per heavy atom. The van der Waals surface area contributed by atoms with Gasteiger partial charge in [0.1, 0.15) is 16.9 Å². The second-order valence-electron chi connectivity index (χ2n) is 6.99. The summed E-state index contributed by atoms with van der Waals surface area (Å²) in [4.78, 5) is 18.2. The van der Waals surface area contributed by atoms with Gasteiger partial charge in [-0.05, 0) is 30.2 Å². The number of amides is 1. The van der Waals surface area contributed by atoms with Crippen LogP contribution in [0.25, 0.3) is 10.4 Å². The third-order valence-corrected chi connectivity index (χ3v) is 7.98. The lowest BCUT2D eigenvalue weighted by molar-refractivity contribution is -0.120. The first-order valence-corrected chi connectivity index (χ1v) is 11.9. The summed E-state index contributed by atoms with van der Waals surface area (Å²) in [6.45, 7) is 0. The Balaban J connectivity index is 1.57. The molecule has 1 aliphatic heterocycles. The summed E-state index contributed by atoms with van der Waals surface area (Å²) in [6.07, 6.45) is 1.87. The van der Waals surface area contributed by atoms with Gasteiger partial charge in [0.15, 0.2) is 0 Å². The Kier molecular flexibility index (Phi) is 6.09. The summed E-state index contributed by atoms with van der Waals surface area (Å²) in [6, 6.07) is 11.7. The van der Waals surface area contributed by atoms with E-state index in [1.54, 1.807) is 6.20 Å². The molecule has 2 N–H and O–H groups in total. The lowest BCUT2D eigenvalue weighted by atomic mass is 10.1. The van der Waals surface area contributed by atoms with Crippen LogP contribution in [0.15, 0.2) is 54.7 Å². The van der Waals surface area contributed by atoms with E-state index in [2.05, 4.69) is 15.0 Å². The van der Waals surface area contributed by atoms with E-state index < -0.39 is 34.0 Å². The predicted octanol–water partition coefficient (Wildman–Crippen LogP) is 3.82. The molecule has 4 rings (SSSR count). The van der Waals surface area contributed by atoms with Crippen LogP contribution in [-0.2, 0) is 15.0 Å². The third kappa shape index (κ3) is 4.63. The van der Waals surface area contributed by atoms with Gasteiger partial charge in [0.05, 0.1) is 15.9 Å². The summed E-state index contributed by atoms with van der Waals surface area (Å²) in [5.74, 6) is -1.15. The molecule has 31 heavy (non-hydrogen) atoms. The molecule has 2 aromatic carbocycles. The lowest BCUT2D eigenvalue weighted by Crippen LogP contribution is -2.55. The molecular weight excluding hydrogens is 463 g/mol. The molecule has 1 fully saturated rings. The highest BCUT2D eigenvalue weighted by molar-refractivity contribution is 7.87. The first-order chi connectivity index (χ1) is 14.7. The minimum atomic E-state index is -3.91. The second-order valence-corrected chi connectivity index (χ2v) is 10.2. The van der Waals surface area contributed by atoms with Crippen LogP contribution in [0.3, 0.4) is 0 Å². The van der Waals surface area contributed by atoms with Crippen molar-refractivity contribution in [3.8, 4) is 10.4 Å². The molecular formula is C20H18ClFN4O3S2. The molecule has 0 unspecified atom stereocenters. The van der Waals surface area contributed by atoms with Crippen molar-refractivity contribution in [2.75, 3.05) is 12.4 Å². The van der Waals surface area contributed by atoms with Crippen molar-refractivity contribution in [3.05, 3.63) is 70.6 Å². The number of hydrogen-bond donors (Lipinski definition) is 2. The number of hydrogen-bond acceptors (Lipinski definition) is 5. The standard InChI is InChI=1S/C20H18ClFN4O3S2/c1-26-17(19(27)24-13-7-8-15(22)14(21)9-13)10-16(25-31(26,28)29)20-23-11-18(30-20)12-5-3-2-4-6-12/h2-9,11,16-17,25H,10H2,1H3,(H,24,27)/t16-,17+/m0/s1. The van der Waals surface area contributed by atoms with Gasteiger partial charge in [-0.1, -0.05) is 41.9 Å². The van der Waals surface area contributed by atoms with E-state index in [1.165, 1.54) is 30.5 Å². The number of aromatic nitrogens is 1. The zero-order chi connectivity index (χ0) is 22.2. The zero-order valence-corrected chi connectivity index (χ0v) is 18.6. The Labute approximate surface area is 188 Å². The molecule has 0 aliphatic carbocycles. The molecule has 1 aliphatic rings. The molecule has 3 aromatic rings. The van der Waals surface area contributed by atoms with E-state index in [-0.39, 0.29) is 17.1 Å². The fourth-order valence-corrected chi connectivity index (χ4v) is 5.75. The van der Waals surface area contributed by atoms with Gasteiger partial charge in [0.2, 0.25) is 5.91 Å². The largest absolute Gasteiger partial charge is 0.325 e. The number of nitrogens with one attached hydrogen (secondary N) is 2. The van der Waals surface area contributed by atoms with Crippen molar-refractivity contribution in [3.63, 3.8) is 0 Å². The van der Waals surface area contributed by atoms with E-state index in [0.717, 1.165) is 20.8 Å². The van der Waals surface area contributed by atoms with E-state index in [4.69, 9.17) is 11.6 Å². The lowest BCUT2D eigenvalue weighted by Gasteiger charge is -2.35. The fourth-order valence-electron chi connectivity index (χ4n) is 3.26. The maximum atomic E-state index is 13.4. The van der Waals surface area contributed by atoms with Crippen LogP contribution in [0.1, 0.15) is 17.5 Å². The molecule has 1 aromatic heterocycles. The van der Waals surface area contributed by atoms with Gasteiger partial charge in [0.25, 0.3) is 10.2 Å². The second kappa shape index (κ2) is 8.64. The Hall–Kier alpha value is -2.37. The van der Waals surface area contributed by atoms with Crippen molar-refractivity contribution >= 4 is 44.7 Å². The average molecular weight is 481 g/mol. The van der Waals surface area contributed by atoms with Gasteiger partial charge in [-0.3, -0.25) is 4.79 Å². The molecule has 0 bridgehead atoms. The van der Waals surface area contributed by atoms with Gasteiger partial charge in [-0.2, -0.15) is 17.4 Å². The first kappa shape index (κ1) is 21.8. The van der Waals surface area contributed by atoms with Gasteiger partial charge < -0.3 is 5.32 Å². The van der Waals surface area contributed by atoms with Crippen molar-refractivity contribution in [2.45, 2.75) is 18.5 Å². The van der Waals surface area contributed by atoms with Crippen LogP contribution >= 0.6 is 22.9 Å². The Morgan fingerprint density at radius 1 is 1.29 bits per heavy atom. The normalized spacial score (nSPS) is 21.0. The monoisotopic (exact) mass is 480 g/mol. The molecule has 0 radical (unpaired) electrons. The highest BCUT2D eigenvalue weighted by Gasteiger charge is 2.41. The van der Waals surface area contributed by atoms with Crippen LogP contribution in [-0.4, -0.2) is 36.7 Å². The van der Waals surface area contributed by atoms with Gasteiger partial charge in [-0.15, -0.1) is 11.3 Å². The highest BCUT2D eigenvalue weighted by Crippen LogP contribution is 2.34. The van der Waals surface area contributed by atoms with E-state index in [1.807, 2.05) is 30.3 Å². The quantitative estimate of drug-likeness (QED) is 0.593. The minimum absolute atomic E-state index is 0.141. The van der Waals surface area contributed by atoms with Crippen molar-refractivity contribution < 1.29 is 17.6 Å². The van der Waals surface area contributed by atoms with Crippen LogP contribution in [0, 0.1) is 5.82 Å². The predicted molar refractivity (Wildman–Crippen MR) is 119 cm³/mol.